The monoisotopic (exact) mass is 499 g/mol. The number of rotatable bonds is 5. The molecule has 182 valence electrons. The van der Waals surface area contributed by atoms with E-state index >= 15 is 0 Å². The molecule has 0 saturated carbocycles. The van der Waals surface area contributed by atoms with Crippen LogP contribution in [0.3, 0.4) is 0 Å². The predicted octanol–water partition coefficient (Wildman–Crippen LogP) is 6.85. The molecule has 0 aliphatic carbocycles. The van der Waals surface area contributed by atoms with E-state index in [2.05, 4.69) is 4.74 Å². The zero-order valence-electron chi connectivity index (χ0n) is 15.5. The Labute approximate surface area is 175 Å². The SMILES string of the molecule is O=C(Nc1cc(C(F)(F)F)cc(C(F)(F)F)c1)c1ccc(OC(F)(F)[C@@H](F)C(F)(F)F)cc1. The first-order valence-electron chi connectivity index (χ1n) is 8.29. The maximum Gasteiger partial charge on any atom is 0.439 e. The molecule has 0 unspecified atom stereocenters. The molecular weight excluding hydrogens is 490 g/mol. The fourth-order valence-electron chi connectivity index (χ4n) is 2.30. The van der Waals surface area contributed by atoms with E-state index in [-0.39, 0.29) is 18.2 Å². The number of nitrogens with one attached hydrogen (secondary N) is 1. The van der Waals surface area contributed by atoms with Gasteiger partial charge in [-0.15, -0.1) is 0 Å². The molecule has 0 aliphatic rings. The first-order chi connectivity index (χ1) is 14.8. The van der Waals surface area contributed by atoms with Crippen molar-refractivity contribution >= 4 is 11.6 Å². The highest BCUT2D eigenvalue weighted by molar-refractivity contribution is 6.04. The molecule has 0 radical (unpaired) electrons. The summed E-state index contributed by atoms with van der Waals surface area (Å²) in [4.78, 5) is 12.1. The fourth-order valence-corrected chi connectivity index (χ4v) is 2.30. The van der Waals surface area contributed by atoms with Gasteiger partial charge in [0, 0.05) is 11.3 Å². The second-order valence-electron chi connectivity index (χ2n) is 6.34. The van der Waals surface area contributed by atoms with E-state index in [0.717, 1.165) is 0 Å². The minimum atomic E-state index is -5.94. The summed E-state index contributed by atoms with van der Waals surface area (Å²) in [5, 5.41) is 1.75. The lowest BCUT2D eigenvalue weighted by atomic mass is 10.1. The topological polar surface area (TPSA) is 38.3 Å². The number of hydrogen-bond acceptors (Lipinski definition) is 2. The van der Waals surface area contributed by atoms with Crippen molar-refractivity contribution in [2.24, 2.45) is 0 Å². The molecular formula is C18H9F12NO2. The van der Waals surface area contributed by atoms with Crippen LogP contribution in [-0.2, 0) is 12.4 Å². The molecule has 3 nitrogen and oxygen atoms in total. The molecule has 0 fully saturated rings. The van der Waals surface area contributed by atoms with Crippen molar-refractivity contribution in [2.75, 3.05) is 5.32 Å². The van der Waals surface area contributed by atoms with Gasteiger partial charge in [-0.05, 0) is 42.5 Å². The number of ether oxygens (including phenoxy) is 1. The number of anilines is 1. The Morgan fingerprint density at radius 3 is 1.61 bits per heavy atom. The summed E-state index contributed by atoms with van der Waals surface area (Å²) in [6.07, 6.45) is -26.3. The summed E-state index contributed by atoms with van der Waals surface area (Å²) in [6, 6.07) is 2.58. The summed E-state index contributed by atoms with van der Waals surface area (Å²) < 4.78 is 156. The van der Waals surface area contributed by atoms with Crippen LogP contribution in [0.4, 0.5) is 58.4 Å². The van der Waals surface area contributed by atoms with Crippen molar-refractivity contribution in [1.82, 2.24) is 0 Å². The van der Waals surface area contributed by atoms with Gasteiger partial charge in [-0.3, -0.25) is 4.79 Å². The number of halogens is 12. The predicted molar refractivity (Wildman–Crippen MR) is 87.4 cm³/mol. The molecule has 1 atom stereocenters. The van der Waals surface area contributed by atoms with Gasteiger partial charge < -0.3 is 10.1 Å². The molecule has 15 heteroatoms. The number of alkyl halides is 12. The van der Waals surface area contributed by atoms with Crippen LogP contribution >= 0.6 is 0 Å². The summed E-state index contributed by atoms with van der Waals surface area (Å²) in [6.45, 7) is 0. The Balaban J connectivity index is 2.23. The van der Waals surface area contributed by atoms with Crippen LogP contribution < -0.4 is 10.1 Å². The quantitative estimate of drug-likeness (QED) is 0.458. The maximum absolute atomic E-state index is 13.2. The summed E-state index contributed by atoms with van der Waals surface area (Å²) in [5.74, 6) is -2.30. The third-order valence-electron chi connectivity index (χ3n) is 3.80. The highest BCUT2D eigenvalue weighted by atomic mass is 19.4. The Kier molecular flexibility index (Phi) is 6.86. The third-order valence-corrected chi connectivity index (χ3v) is 3.80. The highest BCUT2D eigenvalue weighted by Crippen LogP contribution is 2.38. The molecule has 0 aromatic heterocycles. The molecule has 33 heavy (non-hydrogen) atoms. The number of carbonyl (C=O) groups is 1. The lowest BCUT2D eigenvalue weighted by molar-refractivity contribution is -0.305. The van der Waals surface area contributed by atoms with Gasteiger partial charge in [-0.2, -0.15) is 48.3 Å². The molecule has 2 rings (SSSR count). The van der Waals surface area contributed by atoms with Crippen LogP contribution in [0.15, 0.2) is 42.5 Å². The molecule has 0 aliphatic heterocycles. The van der Waals surface area contributed by atoms with E-state index in [1.54, 1.807) is 5.32 Å². The Morgan fingerprint density at radius 1 is 0.758 bits per heavy atom. The van der Waals surface area contributed by atoms with E-state index in [9.17, 15) is 57.5 Å². The van der Waals surface area contributed by atoms with Gasteiger partial charge >= 0.3 is 24.6 Å². The standard InChI is InChI=1S/C18H9F12NO2/c19-14(17(26,27)28)18(29,30)33-12-3-1-8(2-4-12)13(32)31-11-6-9(15(20,21)22)5-10(7-11)16(23,24)25/h1-7,14H,(H,31,32)/t14-/m0/s1. The Morgan fingerprint density at radius 2 is 1.21 bits per heavy atom. The van der Waals surface area contributed by atoms with Gasteiger partial charge in [0.05, 0.1) is 11.1 Å². The second-order valence-corrected chi connectivity index (χ2v) is 6.34. The van der Waals surface area contributed by atoms with Crippen LogP contribution in [0, 0.1) is 0 Å². The van der Waals surface area contributed by atoms with E-state index < -0.39 is 64.8 Å². The van der Waals surface area contributed by atoms with E-state index in [0.29, 0.717) is 24.3 Å². The van der Waals surface area contributed by atoms with Crippen LogP contribution in [0.5, 0.6) is 5.75 Å². The molecule has 2 aromatic rings. The van der Waals surface area contributed by atoms with Gasteiger partial charge in [-0.25, -0.2) is 4.39 Å². The zero-order valence-corrected chi connectivity index (χ0v) is 15.5. The molecule has 0 spiro atoms. The van der Waals surface area contributed by atoms with Gasteiger partial charge in [0.1, 0.15) is 5.75 Å². The summed E-state index contributed by atoms with van der Waals surface area (Å²) in [5.41, 5.74) is -4.85. The largest absolute Gasteiger partial charge is 0.439 e. The minimum absolute atomic E-state index is 0.180. The fraction of sp³-hybridized carbons (Fsp3) is 0.278. The van der Waals surface area contributed by atoms with Crippen molar-refractivity contribution < 1.29 is 62.2 Å². The lowest BCUT2D eigenvalue weighted by Gasteiger charge is -2.23. The average Bonchev–Trinajstić information content (AvgIpc) is 2.65. The van der Waals surface area contributed by atoms with Crippen LogP contribution in [0.2, 0.25) is 0 Å². The molecule has 1 amide bonds. The molecule has 1 N–H and O–H groups in total. The minimum Gasteiger partial charge on any atom is -0.430 e. The number of benzene rings is 2. The number of carbonyl (C=O) groups excluding carboxylic acids is 1. The highest BCUT2D eigenvalue weighted by Gasteiger charge is 2.59. The molecule has 0 saturated heterocycles. The van der Waals surface area contributed by atoms with Gasteiger partial charge in [0.15, 0.2) is 0 Å². The smallest absolute Gasteiger partial charge is 0.430 e. The van der Waals surface area contributed by atoms with Crippen molar-refractivity contribution in [1.29, 1.82) is 0 Å². The molecule has 0 bridgehead atoms. The average molecular weight is 499 g/mol. The maximum atomic E-state index is 13.2. The first-order valence-corrected chi connectivity index (χ1v) is 8.29. The normalized spacial score (nSPS) is 14.1. The van der Waals surface area contributed by atoms with Crippen LogP contribution in [0.1, 0.15) is 21.5 Å². The van der Waals surface area contributed by atoms with Crippen LogP contribution in [-0.4, -0.2) is 24.4 Å². The van der Waals surface area contributed by atoms with Crippen LogP contribution in [0.25, 0.3) is 0 Å². The van der Waals surface area contributed by atoms with Gasteiger partial charge in [0.25, 0.3) is 12.1 Å². The zero-order chi connectivity index (χ0) is 25.4. The lowest BCUT2D eigenvalue weighted by Crippen LogP contribution is -2.45. The van der Waals surface area contributed by atoms with Crippen molar-refractivity contribution in [2.45, 2.75) is 30.8 Å². The van der Waals surface area contributed by atoms with Gasteiger partial charge in [-0.1, -0.05) is 0 Å². The van der Waals surface area contributed by atoms with Gasteiger partial charge in [0.2, 0.25) is 0 Å². The Bertz CT molecular complexity index is 961. The summed E-state index contributed by atoms with van der Waals surface area (Å²) >= 11 is 0. The van der Waals surface area contributed by atoms with E-state index in [4.69, 9.17) is 0 Å². The van der Waals surface area contributed by atoms with Crippen molar-refractivity contribution in [3.8, 4) is 5.75 Å². The summed E-state index contributed by atoms with van der Waals surface area (Å²) in [7, 11) is 0. The van der Waals surface area contributed by atoms with Crippen molar-refractivity contribution in [3.05, 3.63) is 59.2 Å². The second kappa shape index (κ2) is 8.67. The first kappa shape index (κ1) is 26.1. The molecule has 0 heterocycles. The number of amides is 1. The molecule has 2 aromatic carbocycles. The number of hydrogen-bond donors (Lipinski definition) is 1. The Hall–Kier alpha value is -3.13. The van der Waals surface area contributed by atoms with E-state index in [1.165, 1.54) is 0 Å². The third kappa shape index (κ3) is 6.68. The van der Waals surface area contributed by atoms with E-state index in [1.807, 2.05) is 0 Å². The van der Waals surface area contributed by atoms with Crippen molar-refractivity contribution in [3.63, 3.8) is 0 Å².